The lowest BCUT2D eigenvalue weighted by Crippen LogP contribution is -2.54. The summed E-state index contributed by atoms with van der Waals surface area (Å²) < 4.78 is 23.5. The largest absolute Gasteiger partial charge is 0.347 e. The van der Waals surface area contributed by atoms with Gasteiger partial charge in [-0.05, 0) is 53.9 Å². The van der Waals surface area contributed by atoms with E-state index in [1.165, 1.54) is 19.1 Å². The molecule has 2 amide bonds. The number of nitrogens with one attached hydrogen (secondary N) is 2. The lowest BCUT2D eigenvalue weighted by Gasteiger charge is -2.31. The predicted molar refractivity (Wildman–Crippen MR) is 121 cm³/mol. The summed E-state index contributed by atoms with van der Waals surface area (Å²) in [5.74, 6) is -0.765. The Kier molecular flexibility index (Phi) is 6.18. The van der Waals surface area contributed by atoms with E-state index in [0.29, 0.717) is 5.56 Å². The molecule has 0 fully saturated rings. The molecule has 0 bridgehead atoms. The summed E-state index contributed by atoms with van der Waals surface area (Å²) in [4.78, 5) is 25.3. The highest BCUT2D eigenvalue weighted by Gasteiger charge is 2.37. The Bertz CT molecular complexity index is 1240. The summed E-state index contributed by atoms with van der Waals surface area (Å²) in [5, 5.41) is 7.88. The van der Waals surface area contributed by atoms with Gasteiger partial charge >= 0.3 is 0 Å². The molecule has 0 radical (unpaired) electrons. The number of hydrogen-bond acceptors (Lipinski definition) is 4. The summed E-state index contributed by atoms with van der Waals surface area (Å²) in [7, 11) is -3.37. The molecule has 3 aromatic carbocycles. The van der Waals surface area contributed by atoms with Gasteiger partial charge in [-0.1, -0.05) is 48.5 Å². The van der Waals surface area contributed by atoms with Gasteiger partial charge in [-0.3, -0.25) is 9.59 Å². The van der Waals surface area contributed by atoms with Crippen LogP contribution in [0.5, 0.6) is 0 Å². The number of hydrogen-bond donors (Lipinski definition) is 2. The minimum atomic E-state index is -3.37. The van der Waals surface area contributed by atoms with Gasteiger partial charge in [0.25, 0.3) is 5.91 Å². The van der Waals surface area contributed by atoms with Gasteiger partial charge in [0, 0.05) is 13.2 Å². The van der Waals surface area contributed by atoms with Crippen LogP contribution in [0, 0.1) is 0 Å². The number of rotatable bonds is 6. The molecule has 0 aliphatic rings. The molecular formula is C24H26N2O4S. The summed E-state index contributed by atoms with van der Waals surface area (Å²) in [6, 6.07) is 19.6. The van der Waals surface area contributed by atoms with Crippen molar-refractivity contribution in [2.24, 2.45) is 0 Å². The van der Waals surface area contributed by atoms with E-state index in [1.807, 2.05) is 49.4 Å². The number of benzene rings is 3. The number of fused-ring (bicyclic) bond motifs is 1. The van der Waals surface area contributed by atoms with Gasteiger partial charge in [-0.25, -0.2) is 8.42 Å². The van der Waals surface area contributed by atoms with Gasteiger partial charge in [0.05, 0.1) is 10.9 Å². The number of amides is 2. The monoisotopic (exact) mass is 438 g/mol. The second-order valence-corrected chi connectivity index (χ2v) is 9.92. The Hall–Kier alpha value is -3.19. The molecule has 2 N–H and O–H groups in total. The van der Waals surface area contributed by atoms with E-state index in [9.17, 15) is 18.0 Å². The van der Waals surface area contributed by atoms with E-state index >= 15 is 0 Å². The first-order valence-electron chi connectivity index (χ1n) is 9.90. The van der Waals surface area contributed by atoms with Gasteiger partial charge in [-0.2, -0.15) is 0 Å². The fraction of sp³-hybridized carbons (Fsp3) is 0.250. The summed E-state index contributed by atoms with van der Waals surface area (Å²) in [6.45, 7) is 4.82. The molecule has 2 atom stereocenters. The van der Waals surface area contributed by atoms with Crippen LogP contribution in [0.25, 0.3) is 10.8 Å². The number of sulfone groups is 1. The summed E-state index contributed by atoms with van der Waals surface area (Å²) in [5.41, 5.74) is 0.0513. The Morgan fingerprint density at radius 2 is 1.55 bits per heavy atom. The zero-order valence-electron chi connectivity index (χ0n) is 18.0. The molecular weight excluding hydrogens is 412 g/mol. The van der Waals surface area contributed by atoms with Crippen molar-refractivity contribution in [3.8, 4) is 0 Å². The quantitative estimate of drug-likeness (QED) is 0.616. The average Bonchev–Trinajstić information content (AvgIpc) is 2.72. The van der Waals surface area contributed by atoms with Crippen molar-refractivity contribution < 1.29 is 18.0 Å². The third-order valence-electron chi connectivity index (χ3n) is 5.36. The smallest absolute Gasteiger partial charge is 0.250 e. The standard InChI is InChI=1S/C24H26N2O4S/c1-16(19-10-9-18-7-5-6-8-20(18)15-19)25-23(28)24(3,26-17(2)27)21-11-13-22(14-12-21)31(4,29)30/h5-16H,1-4H3,(H,25,28)(H,26,27)/t16-,24-/m1/s1. The van der Waals surface area contributed by atoms with Gasteiger partial charge in [0.15, 0.2) is 9.84 Å². The van der Waals surface area contributed by atoms with Crippen molar-refractivity contribution >= 4 is 32.4 Å². The molecule has 0 aromatic heterocycles. The van der Waals surface area contributed by atoms with Crippen molar-refractivity contribution in [1.29, 1.82) is 0 Å². The second-order valence-electron chi connectivity index (χ2n) is 7.90. The highest BCUT2D eigenvalue weighted by atomic mass is 32.2. The molecule has 3 aromatic rings. The van der Waals surface area contributed by atoms with Gasteiger partial charge < -0.3 is 10.6 Å². The van der Waals surface area contributed by atoms with Crippen LogP contribution in [0.1, 0.15) is 37.9 Å². The van der Waals surface area contributed by atoms with Crippen LogP contribution in [0.15, 0.2) is 71.6 Å². The zero-order valence-corrected chi connectivity index (χ0v) is 18.8. The van der Waals surface area contributed by atoms with E-state index in [4.69, 9.17) is 0 Å². The molecule has 0 aliphatic heterocycles. The van der Waals surface area contributed by atoms with Crippen LogP contribution in [0.3, 0.4) is 0 Å². The molecule has 0 saturated carbocycles. The first-order chi connectivity index (χ1) is 14.5. The Labute approximate surface area is 182 Å². The molecule has 6 nitrogen and oxygen atoms in total. The lowest BCUT2D eigenvalue weighted by atomic mass is 9.90. The molecule has 0 saturated heterocycles. The third kappa shape index (κ3) is 4.94. The molecule has 0 unspecified atom stereocenters. The molecule has 0 heterocycles. The van der Waals surface area contributed by atoms with E-state index < -0.39 is 21.3 Å². The van der Waals surface area contributed by atoms with Crippen LogP contribution in [-0.4, -0.2) is 26.5 Å². The predicted octanol–water partition coefficient (Wildman–Crippen LogP) is 3.47. The van der Waals surface area contributed by atoms with Crippen LogP contribution < -0.4 is 10.6 Å². The minimum Gasteiger partial charge on any atom is -0.347 e. The maximum Gasteiger partial charge on any atom is 0.250 e. The topological polar surface area (TPSA) is 92.3 Å². The second kappa shape index (κ2) is 8.51. The molecule has 0 aliphatic carbocycles. The summed E-state index contributed by atoms with van der Waals surface area (Å²) >= 11 is 0. The lowest BCUT2D eigenvalue weighted by molar-refractivity contribution is -0.133. The SMILES string of the molecule is CC(=O)N[C@@](C)(C(=O)N[C@H](C)c1ccc2ccccc2c1)c1ccc(S(C)(=O)=O)cc1. The maximum atomic E-state index is 13.3. The van der Waals surface area contributed by atoms with Crippen molar-refractivity contribution in [1.82, 2.24) is 10.6 Å². The van der Waals surface area contributed by atoms with Crippen LogP contribution >= 0.6 is 0 Å². The van der Waals surface area contributed by atoms with Gasteiger partial charge in [0.2, 0.25) is 5.91 Å². The normalized spacial score (nSPS) is 14.5. The van der Waals surface area contributed by atoms with E-state index in [0.717, 1.165) is 22.6 Å². The zero-order chi connectivity index (χ0) is 22.8. The Balaban J connectivity index is 1.90. The van der Waals surface area contributed by atoms with Crippen LogP contribution in [0.4, 0.5) is 0 Å². The number of carbonyl (C=O) groups excluding carboxylic acids is 2. The Morgan fingerprint density at radius 1 is 0.935 bits per heavy atom. The average molecular weight is 439 g/mol. The van der Waals surface area contributed by atoms with Crippen molar-refractivity contribution in [3.05, 3.63) is 77.9 Å². The molecule has 7 heteroatoms. The first-order valence-corrected chi connectivity index (χ1v) is 11.8. The van der Waals surface area contributed by atoms with Crippen LogP contribution in [0.2, 0.25) is 0 Å². The van der Waals surface area contributed by atoms with E-state index in [-0.39, 0.29) is 16.8 Å². The fourth-order valence-corrected chi connectivity index (χ4v) is 4.18. The summed E-state index contributed by atoms with van der Waals surface area (Å²) in [6.07, 6.45) is 1.12. The van der Waals surface area contributed by atoms with E-state index in [1.54, 1.807) is 19.1 Å². The fourth-order valence-electron chi connectivity index (χ4n) is 3.55. The van der Waals surface area contributed by atoms with Crippen molar-refractivity contribution in [3.63, 3.8) is 0 Å². The van der Waals surface area contributed by atoms with E-state index in [2.05, 4.69) is 10.6 Å². The van der Waals surface area contributed by atoms with Crippen molar-refractivity contribution in [2.45, 2.75) is 37.2 Å². The Morgan fingerprint density at radius 3 is 2.13 bits per heavy atom. The van der Waals surface area contributed by atoms with Gasteiger partial charge in [-0.15, -0.1) is 0 Å². The van der Waals surface area contributed by atoms with Crippen LogP contribution in [-0.2, 0) is 25.0 Å². The molecule has 0 spiro atoms. The first kappa shape index (κ1) is 22.5. The van der Waals surface area contributed by atoms with Crippen molar-refractivity contribution in [2.75, 3.05) is 6.26 Å². The number of carbonyl (C=O) groups is 2. The highest BCUT2D eigenvalue weighted by molar-refractivity contribution is 7.90. The van der Waals surface area contributed by atoms with Gasteiger partial charge in [0.1, 0.15) is 5.54 Å². The molecule has 3 rings (SSSR count). The highest BCUT2D eigenvalue weighted by Crippen LogP contribution is 2.26. The third-order valence-corrected chi connectivity index (χ3v) is 6.49. The molecule has 31 heavy (non-hydrogen) atoms. The minimum absolute atomic E-state index is 0.145. The maximum absolute atomic E-state index is 13.3. The molecule has 162 valence electrons.